The molecule has 0 aliphatic carbocycles. The van der Waals surface area contributed by atoms with Gasteiger partial charge in [-0.25, -0.2) is 0 Å². The second kappa shape index (κ2) is 11.5. The summed E-state index contributed by atoms with van der Waals surface area (Å²) in [6.45, 7) is 0.615. The summed E-state index contributed by atoms with van der Waals surface area (Å²) in [5.74, 6) is 1.52. The van der Waals surface area contributed by atoms with E-state index in [0.717, 1.165) is 50.4 Å². The third-order valence-electron chi connectivity index (χ3n) is 9.72. The number of hydrogen-bond donors (Lipinski definition) is 0. The highest BCUT2D eigenvalue weighted by Crippen LogP contribution is 2.37. The van der Waals surface area contributed by atoms with Crippen molar-refractivity contribution < 1.29 is 4.68 Å². The highest BCUT2D eigenvalue weighted by Gasteiger charge is 2.18. The summed E-state index contributed by atoms with van der Waals surface area (Å²) in [4.78, 5) is 5.27. The number of fused-ring (bicyclic) bond motifs is 6. The molecule has 0 saturated heterocycles. The summed E-state index contributed by atoms with van der Waals surface area (Å²) in [5.41, 5.74) is 9.89. The molecule has 50 heavy (non-hydrogen) atoms. The Morgan fingerprint density at radius 2 is 0.860 bits per heavy atom. The Kier molecular flexibility index (Phi) is 6.49. The van der Waals surface area contributed by atoms with Gasteiger partial charge < -0.3 is 14.1 Å². The number of aromatic nitrogens is 5. The molecule has 7 aromatic carbocycles. The van der Waals surface area contributed by atoms with Crippen molar-refractivity contribution in [1.29, 1.82) is 0 Å². The minimum atomic E-state index is 0.615. The highest BCUT2D eigenvalue weighted by atomic mass is 15.3. The van der Waals surface area contributed by atoms with Crippen molar-refractivity contribution in [3.05, 3.63) is 181 Å². The lowest BCUT2D eigenvalue weighted by molar-refractivity contribution is -0.737. The quantitative estimate of drug-likeness (QED) is 0.170. The zero-order chi connectivity index (χ0) is 33.0. The van der Waals surface area contributed by atoms with E-state index >= 15 is 0 Å². The summed E-state index contributed by atoms with van der Waals surface area (Å²) in [7, 11) is 0. The van der Waals surface area contributed by atoms with Crippen molar-refractivity contribution in [1.82, 2.24) is 19.2 Å². The Balaban J connectivity index is 1.27. The normalized spacial score (nSPS) is 11.7. The monoisotopic (exact) mass is 641 g/mol. The van der Waals surface area contributed by atoms with Crippen molar-refractivity contribution in [3.8, 4) is 34.2 Å². The molecule has 0 N–H and O–H groups in total. The number of para-hydroxylation sites is 4. The van der Waals surface area contributed by atoms with Gasteiger partial charge in [0.05, 0.1) is 22.1 Å². The lowest BCUT2D eigenvalue weighted by atomic mass is 10.1. The summed E-state index contributed by atoms with van der Waals surface area (Å²) >= 11 is 0. The fourth-order valence-electron chi connectivity index (χ4n) is 7.52. The van der Waals surface area contributed by atoms with Crippen molar-refractivity contribution in [2.75, 3.05) is 0 Å². The summed E-state index contributed by atoms with van der Waals surface area (Å²) in [6, 6.07) is 62.3. The Labute approximate surface area is 288 Å². The molecule has 3 heterocycles. The molecule has 5 heteroatoms. The van der Waals surface area contributed by atoms with Crippen LogP contribution in [-0.2, 0) is 6.54 Å². The predicted molar refractivity (Wildman–Crippen MR) is 203 cm³/mol. The Morgan fingerprint density at radius 3 is 1.34 bits per heavy atom. The maximum Gasteiger partial charge on any atom is 0.126 e. The standard InChI is InChI=1S/C45H31N5/c1-3-15-31(16-4-1)30-48-45(32-17-5-2-6-18-32)46-44(47-48)33-27-34(49-40-23-11-7-19-36(40)37-20-8-12-24-41(37)49)29-35(28-33)50-42-25-13-9-21-38(42)39-22-10-14-26-43(39)50/h1-29H,30H2. The Morgan fingerprint density at radius 1 is 0.440 bits per heavy atom. The first kappa shape index (κ1) is 28.3. The molecule has 0 amide bonds. The Hall–Kier alpha value is -6.72. The van der Waals surface area contributed by atoms with Gasteiger partial charge in [-0.3, -0.25) is 9.78 Å². The van der Waals surface area contributed by atoms with Gasteiger partial charge in [-0.05, 0) is 59.4 Å². The fraction of sp³-hybridized carbons (Fsp3) is 0.0222. The molecule has 5 nitrogen and oxygen atoms in total. The topological polar surface area (TPSA) is 40.7 Å². The van der Waals surface area contributed by atoms with Crippen LogP contribution >= 0.6 is 0 Å². The largest absolute Gasteiger partial charge is 0.397 e. The summed E-state index contributed by atoms with van der Waals surface area (Å²) in [6.07, 6.45) is 0. The average Bonchev–Trinajstić information content (AvgIpc) is 3.86. The van der Waals surface area contributed by atoms with Gasteiger partial charge in [-0.1, -0.05) is 133 Å². The molecule has 10 aromatic rings. The zero-order valence-corrected chi connectivity index (χ0v) is 27.2. The van der Waals surface area contributed by atoms with E-state index in [4.69, 9.17) is 10.1 Å². The molecule has 0 atom stereocenters. The molecule has 3 aromatic heterocycles. The van der Waals surface area contributed by atoms with Crippen LogP contribution in [0.25, 0.3) is 77.8 Å². The number of nitrogens with zero attached hydrogens (tertiary/aromatic N) is 5. The zero-order valence-electron chi connectivity index (χ0n) is 27.2. The molecule has 0 saturated carbocycles. The maximum atomic E-state index is 5.27. The van der Waals surface area contributed by atoms with Gasteiger partial charge in [-0.15, -0.1) is 0 Å². The van der Waals surface area contributed by atoms with E-state index in [-0.39, 0.29) is 0 Å². The van der Waals surface area contributed by atoms with Crippen LogP contribution < -0.4 is 9.78 Å². The van der Waals surface area contributed by atoms with Gasteiger partial charge >= 0.3 is 0 Å². The van der Waals surface area contributed by atoms with Crippen LogP contribution in [0.4, 0.5) is 0 Å². The minimum Gasteiger partial charge on any atom is -0.397 e. The number of hydrogen-bond acceptors (Lipinski definition) is 1. The molecule has 236 valence electrons. The average molecular weight is 642 g/mol. The summed E-state index contributed by atoms with van der Waals surface area (Å²) < 4.78 is 6.79. The van der Waals surface area contributed by atoms with Crippen LogP contribution in [0.1, 0.15) is 5.56 Å². The van der Waals surface area contributed by atoms with Crippen LogP contribution in [0.3, 0.4) is 0 Å². The third-order valence-corrected chi connectivity index (χ3v) is 9.72. The van der Waals surface area contributed by atoms with Crippen LogP contribution in [0.15, 0.2) is 176 Å². The second-order valence-electron chi connectivity index (χ2n) is 12.7. The minimum absolute atomic E-state index is 0.615. The first-order valence-corrected chi connectivity index (χ1v) is 17.0. The van der Waals surface area contributed by atoms with E-state index in [0.29, 0.717) is 12.4 Å². The van der Waals surface area contributed by atoms with E-state index in [1.54, 1.807) is 0 Å². The fourth-order valence-corrected chi connectivity index (χ4v) is 7.52. The third kappa shape index (κ3) is 4.55. The molecule has 0 unspecified atom stereocenters. The molecule has 0 aliphatic heterocycles. The van der Waals surface area contributed by atoms with E-state index in [2.05, 4.69) is 173 Å². The molecule has 0 fully saturated rings. The predicted octanol–water partition coefficient (Wildman–Crippen LogP) is 9.90. The van der Waals surface area contributed by atoms with Gasteiger partial charge in [0.1, 0.15) is 12.4 Å². The van der Waals surface area contributed by atoms with Crippen LogP contribution in [0.2, 0.25) is 0 Å². The molecule has 10 rings (SSSR count). The first-order chi connectivity index (χ1) is 24.8. The van der Waals surface area contributed by atoms with Gasteiger partial charge in [0, 0.05) is 38.5 Å². The second-order valence-corrected chi connectivity index (χ2v) is 12.7. The molecule has 0 radical (unpaired) electrons. The smallest absolute Gasteiger partial charge is 0.126 e. The maximum absolute atomic E-state index is 5.27. The SMILES string of the molecule is c1ccc(C[n+]2[n-]c(-c3cc(-n4c5ccccc5c5ccccc54)cc(-n4c5ccccc5c5ccccc54)c3)nc2-c2ccccc2)cc1. The van der Waals surface area contributed by atoms with Crippen LogP contribution in [0.5, 0.6) is 0 Å². The molecular formula is C45H31N5. The van der Waals surface area contributed by atoms with E-state index in [1.807, 2.05) is 16.8 Å². The molecule has 0 bridgehead atoms. The lowest BCUT2D eigenvalue weighted by Crippen LogP contribution is -2.40. The van der Waals surface area contributed by atoms with Crippen molar-refractivity contribution in [2.45, 2.75) is 6.54 Å². The van der Waals surface area contributed by atoms with Gasteiger partial charge in [0.15, 0.2) is 0 Å². The van der Waals surface area contributed by atoms with Crippen molar-refractivity contribution in [2.24, 2.45) is 0 Å². The molecule has 0 aliphatic rings. The first-order valence-electron chi connectivity index (χ1n) is 17.0. The lowest BCUT2D eigenvalue weighted by Gasteiger charge is -2.16. The molecular weight excluding hydrogens is 611 g/mol. The molecule has 0 spiro atoms. The van der Waals surface area contributed by atoms with Gasteiger partial charge in [0.25, 0.3) is 0 Å². The number of rotatable bonds is 6. The van der Waals surface area contributed by atoms with Crippen molar-refractivity contribution in [3.63, 3.8) is 0 Å². The van der Waals surface area contributed by atoms with Crippen molar-refractivity contribution >= 4 is 43.6 Å². The van der Waals surface area contributed by atoms with Crippen LogP contribution in [-0.4, -0.2) is 14.1 Å². The number of benzene rings is 7. The van der Waals surface area contributed by atoms with E-state index in [9.17, 15) is 0 Å². The van der Waals surface area contributed by atoms with Gasteiger partial charge in [-0.2, -0.15) is 0 Å². The Bertz CT molecular complexity index is 2600. The van der Waals surface area contributed by atoms with Gasteiger partial charge in [0.2, 0.25) is 0 Å². The van der Waals surface area contributed by atoms with E-state index in [1.165, 1.54) is 27.1 Å². The van der Waals surface area contributed by atoms with Crippen LogP contribution in [0, 0.1) is 0 Å². The van der Waals surface area contributed by atoms with E-state index < -0.39 is 0 Å². The highest BCUT2D eigenvalue weighted by molar-refractivity contribution is 6.10. The summed E-state index contributed by atoms with van der Waals surface area (Å²) in [5, 5.41) is 10.1.